The van der Waals surface area contributed by atoms with E-state index < -0.39 is 0 Å². The summed E-state index contributed by atoms with van der Waals surface area (Å²) in [5, 5.41) is 7.73. The van der Waals surface area contributed by atoms with Crippen molar-refractivity contribution in [2.45, 2.75) is 37.8 Å². The summed E-state index contributed by atoms with van der Waals surface area (Å²) in [6.07, 6.45) is 3.86. The SMILES string of the molecule is CN(C)c1nc(NC2CCC(NC(=O)c3ccccc3)CC2)nc2ccccc12. The number of rotatable bonds is 5. The first-order chi connectivity index (χ1) is 14.1. The molecule has 1 amide bonds. The highest BCUT2D eigenvalue weighted by Gasteiger charge is 2.23. The van der Waals surface area contributed by atoms with Gasteiger partial charge in [0.1, 0.15) is 5.82 Å². The lowest BCUT2D eigenvalue weighted by Crippen LogP contribution is -2.40. The maximum atomic E-state index is 12.4. The Labute approximate surface area is 171 Å². The van der Waals surface area contributed by atoms with Crippen molar-refractivity contribution in [1.29, 1.82) is 0 Å². The van der Waals surface area contributed by atoms with Gasteiger partial charge in [-0.2, -0.15) is 4.98 Å². The van der Waals surface area contributed by atoms with E-state index in [1.807, 2.05) is 67.5 Å². The zero-order valence-corrected chi connectivity index (χ0v) is 16.9. The molecule has 1 fully saturated rings. The van der Waals surface area contributed by atoms with Gasteiger partial charge in [0, 0.05) is 37.1 Å². The van der Waals surface area contributed by atoms with Crippen molar-refractivity contribution < 1.29 is 4.79 Å². The molecule has 0 unspecified atom stereocenters. The molecule has 150 valence electrons. The van der Waals surface area contributed by atoms with Crippen molar-refractivity contribution in [1.82, 2.24) is 15.3 Å². The van der Waals surface area contributed by atoms with Crippen LogP contribution in [0.25, 0.3) is 10.9 Å². The highest BCUT2D eigenvalue weighted by molar-refractivity contribution is 5.94. The minimum atomic E-state index is 0.00972. The second-order valence-electron chi connectivity index (χ2n) is 7.81. The number of carbonyl (C=O) groups excluding carboxylic acids is 1. The van der Waals surface area contributed by atoms with E-state index >= 15 is 0 Å². The predicted octanol–water partition coefficient (Wildman–Crippen LogP) is 3.85. The Kier molecular flexibility index (Phi) is 5.60. The summed E-state index contributed by atoms with van der Waals surface area (Å²) in [7, 11) is 4.00. The van der Waals surface area contributed by atoms with Crippen LogP contribution < -0.4 is 15.5 Å². The van der Waals surface area contributed by atoms with Gasteiger partial charge >= 0.3 is 0 Å². The molecule has 0 spiro atoms. The molecule has 29 heavy (non-hydrogen) atoms. The number of carbonyl (C=O) groups is 1. The molecule has 2 N–H and O–H groups in total. The van der Waals surface area contributed by atoms with Crippen LogP contribution in [0.5, 0.6) is 0 Å². The molecule has 2 aromatic carbocycles. The number of anilines is 2. The van der Waals surface area contributed by atoms with E-state index in [1.165, 1.54) is 0 Å². The van der Waals surface area contributed by atoms with Gasteiger partial charge in [-0.15, -0.1) is 0 Å². The number of amides is 1. The standard InChI is InChI=1S/C23H27N5O/c1-28(2)21-19-10-6-7-11-20(19)26-23(27-21)25-18-14-12-17(13-15-18)24-22(29)16-8-4-3-5-9-16/h3-11,17-18H,12-15H2,1-2H3,(H,24,29)(H,25,26,27). The molecule has 4 rings (SSSR count). The maximum Gasteiger partial charge on any atom is 0.251 e. The Hall–Kier alpha value is -3.15. The summed E-state index contributed by atoms with van der Waals surface area (Å²) < 4.78 is 0. The van der Waals surface area contributed by atoms with Crippen molar-refractivity contribution in [2.75, 3.05) is 24.3 Å². The number of aromatic nitrogens is 2. The fourth-order valence-corrected chi connectivity index (χ4v) is 3.89. The highest BCUT2D eigenvalue weighted by atomic mass is 16.1. The lowest BCUT2D eigenvalue weighted by atomic mass is 9.91. The Morgan fingerprint density at radius 1 is 0.897 bits per heavy atom. The summed E-state index contributed by atoms with van der Waals surface area (Å²) in [5.41, 5.74) is 1.66. The predicted molar refractivity (Wildman–Crippen MR) is 117 cm³/mol. The van der Waals surface area contributed by atoms with E-state index in [9.17, 15) is 4.79 Å². The lowest BCUT2D eigenvalue weighted by Gasteiger charge is -2.30. The summed E-state index contributed by atoms with van der Waals surface area (Å²) in [5.74, 6) is 1.60. The van der Waals surface area contributed by atoms with Gasteiger partial charge in [0.25, 0.3) is 5.91 Å². The maximum absolute atomic E-state index is 12.4. The number of benzene rings is 2. The smallest absolute Gasteiger partial charge is 0.251 e. The second-order valence-corrected chi connectivity index (χ2v) is 7.81. The van der Waals surface area contributed by atoms with Gasteiger partial charge in [-0.25, -0.2) is 4.98 Å². The normalized spacial score (nSPS) is 19.0. The molecule has 1 aliphatic carbocycles. The number of hydrogen-bond acceptors (Lipinski definition) is 5. The summed E-state index contributed by atoms with van der Waals surface area (Å²) in [6.45, 7) is 0. The van der Waals surface area contributed by atoms with Gasteiger partial charge in [-0.05, 0) is 49.9 Å². The Morgan fingerprint density at radius 2 is 1.55 bits per heavy atom. The fourth-order valence-electron chi connectivity index (χ4n) is 3.89. The number of hydrogen-bond donors (Lipinski definition) is 2. The first-order valence-corrected chi connectivity index (χ1v) is 10.2. The van der Waals surface area contributed by atoms with E-state index in [2.05, 4.69) is 16.7 Å². The van der Waals surface area contributed by atoms with Crippen LogP contribution >= 0.6 is 0 Å². The van der Waals surface area contributed by atoms with E-state index in [4.69, 9.17) is 9.97 Å². The van der Waals surface area contributed by atoms with Gasteiger partial charge < -0.3 is 15.5 Å². The van der Waals surface area contributed by atoms with Crippen LogP contribution in [0.4, 0.5) is 11.8 Å². The third kappa shape index (κ3) is 4.47. The molecule has 1 aromatic heterocycles. The van der Waals surface area contributed by atoms with Gasteiger partial charge in [0.2, 0.25) is 5.95 Å². The Bertz CT molecular complexity index is 981. The molecule has 3 aromatic rings. The van der Waals surface area contributed by atoms with Crippen LogP contribution in [0.15, 0.2) is 54.6 Å². The molecule has 1 saturated carbocycles. The summed E-state index contributed by atoms with van der Waals surface area (Å²) in [4.78, 5) is 23.8. The van der Waals surface area contributed by atoms with Crippen molar-refractivity contribution >= 4 is 28.6 Å². The third-order valence-electron chi connectivity index (χ3n) is 5.44. The first kappa shape index (κ1) is 19.2. The average Bonchev–Trinajstić information content (AvgIpc) is 2.75. The molecular formula is C23H27N5O. The molecule has 1 aliphatic rings. The molecule has 0 radical (unpaired) electrons. The van der Waals surface area contributed by atoms with Crippen molar-refractivity contribution in [3.63, 3.8) is 0 Å². The minimum Gasteiger partial charge on any atom is -0.362 e. The first-order valence-electron chi connectivity index (χ1n) is 10.2. The average molecular weight is 390 g/mol. The van der Waals surface area contributed by atoms with Crippen LogP contribution in [0.1, 0.15) is 36.0 Å². The molecule has 0 saturated heterocycles. The second kappa shape index (κ2) is 8.47. The van der Waals surface area contributed by atoms with Crippen molar-refractivity contribution in [2.24, 2.45) is 0 Å². The molecule has 0 atom stereocenters. The lowest BCUT2D eigenvalue weighted by molar-refractivity contribution is 0.0926. The monoisotopic (exact) mass is 389 g/mol. The quantitative estimate of drug-likeness (QED) is 0.694. The number of para-hydroxylation sites is 1. The van der Waals surface area contributed by atoms with Gasteiger partial charge in [-0.1, -0.05) is 30.3 Å². The van der Waals surface area contributed by atoms with Gasteiger partial charge in [0.05, 0.1) is 5.52 Å². The number of nitrogens with one attached hydrogen (secondary N) is 2. The molecule has 0 bridgehead atoms. The van der Waals surface area contributed by atoms with Crippen LogP contribution in [-0.4, -0.2) is 42.1 Å². The van der Waals surface area contributed by atoms with E-state index in [0.29, 0.717) is 17.6 Å². The Morgan fingerprint density at radius 3 is 2.28 bits per heavy atom. The van der Waals surface area contributed by atoms with Crippen LogP contribution in [-0.2, 0) is 0 Å². The van der Waals surface area contributed by atoms with E-state index in [-0.39, 0.29) is 11.9 Å². The van der Waals surface area contributed by atoms with Crippen LogP contribution in [0.3, 0.4) is 0 Å². The van der Waals surface area contributed by atoms with Gasteiger partial charge in [-0.3, -0.25) is 4.79 Å². The summed E-state index contributed by atoms with van der Waals surface area (Å²) >= 11 is 0. The van der Waals surface area contributed by atoms with Gasteiger partial charge in [0.15, 0.2) is 0 Å². The number of fused-ring (bicyclic) bond motifs is 1. The molecular weight excluding hydrogens is 362 g/mol. The summed E-state index contributed by atoms with van der Waals surface area (Å²) in [6, 6.07) is 18.0. The van der Waals surface area contributed by atoms with Crippen LogP contribution in [0, 0.1) is 0 Å². The van der Waals surface area contributed by atoms with E-state index in [1.54, 1.807) is 0 Å². The fraction of sp³-hybridized carbons (Fsp3) is 0.348. The van der Waals surface area contributed by atoms with Crippen molar-refractivity contribution in [3.05, 3.63) is 60.2 Å². The minimum absolute atomic E-state index is 0.00972. The Balaban J connectivity index is 1.38. The molecule has 1 heterocycles. The largest absolute Gasteiger partial charge is 0.362 e. The molecule has 6 heteroatoms. The van der Waals surface area contributed by atoms with Crippen LogP contribution in [0.2, 0.25) is 0 Å². The highest BCUT2D eigenvalue weighted by Crippen LogP contribution is 2.26. The zero-order chi connectivity index (χ0) is 20.2. The number of nitrogens with zero attached hydrogens (tertiary/aromatic N) is 3. The van der Waals surface area contributed by atoms with Crippen molar-refractivity contribution in [3.8, 4) is 0 Å². The zero-order valence-electron chi connectivity index (χ0n) is 16.9. The van der Waals surface area contributed by atoms with E-state index in [0.717, 1.165) is 42.4 Å². The molecule has 0 aliphatic heterocycles. The topological polar surface area (TPSA) is 70.2 Å². The third-order valence-corrected chi connectivity index (χ3v) is 5.44. The molecule has 6 nitrogen and oxygen atoms in total.